The van der Waals surface area contributed by atoms with Crippen molar-refractivity contribution >= 4 is 6.03 Å². The van der Waals surface area contributed by atoms with Gasteiger partial charge in [0.25, 0.3) is 0 Å². The van der Waals surface area contributed by atoms with Crippen LogP contribution in [0.15, 0.2) is 18.5 Å². The van der Waals surface area contributed by atoms with Crippen molar-refractivity contribution in [3.63, 3.8) is 0 Å². The Hall–Kier alpha value is -1.79. The molecule has 1 aromatic rings. The molecule has 0 aromatic carbocycles. The number of aromatic nitrogens is 1. The number of hydrogen-bond donors (Lipinski definition) is 2. The highest BCUT2D eigenvalue weighted by Crippen LogP contribution is 2.12. The van der Waals surface area contributed by atoms with Gasteiger partial charge < -0.3 is 10.6 Å². The summed E-state index contributed by atoms with van der Waals surface area (Å²) in [4.78, 5) is 14.9. The van der Waals surface area contributed by atoms with E-state index in [1.807, 2.05) is 6.92 Å². The summed E-state index contributed by atoms with van der Waals surface area (Å²) < 4.78 is 35.4. The van der Waals surface area contributed by atoms with Crippen LogP contribution < -0.4 is 10.6 Å². The smallest absolute Gasteiger partial charge is 0.334 e. The van der Waals surface area contributed by atoms with Crippen LogP contribution in [0.3, 0.4) is 0 Å². The van der Waals surface area contributed by atoms with Gasteiger partial charge in [-0.1, -0.05) is 0 Å². The molecule has 0 aliphatic rings. The minimum Gasteiger partial charge on any atom is -0.334 e. The lowest BCUT2D eigenvalue weighted by atomic mass is 10.2. The van der Waals surface area contributed by atoms with Crippen molar-refractivity contribution in [1.82, 2.24) is 15.6 Å². The van der Waals surface area contributed by atoms with Gasteiger partial charge in [0.2, 0.25) is 0 Å². The molecule has 94 valence electrons. The highest BCUT2D eigenvalue weighted by molar-refractivity contribution is 5.73. The highest BCUT2D eigenvalue weighted by Gasteiger charge is 2.27. The Morgan fingerprint density at radius 2 is 2.12 bits per heavy atom. The van der Waals surface area contributed by atoms with E-state index >= 15 is 0 Å². The first kappa shape index (κ1) is 13.3. The molecule has 2 amide bonds. The molecule has 0 atom stereocenters. The van der Waals surface area contributed by atoms with Gasteiger partial charge in [0.1, 0.15) is 6.54 Å². The first-order chi connectivity index (χ1) is 7.88. The van der Waals surface area contributed by atoms with Crippen LogP contribution in [0.1, 0.15) is 11.1 Å². The number of aryl methyl sites for hydroxylation is 1. The van der Waals surface area contributed by atoms with Gasteiger partial charge in [-0.05, 0) is 24.1 Å². The first-order valence-corrected chi connectivity index (χ1v) is 4.86. The van der Waals surface area contributed by atoms with Crippen molar-refractivity contribution in [3.8, 4) is 0 Å². The fourth-order valence-electron chi connectivity index (χ4n) is 1.10. The third-order valence-electron chi connectivity index (χ3n) is 2.04. The largest absolute Gasteiger partial charge is 0.405 e. The zero-order chi connectivity index (χ0) is 12.9. The third-order valence-corrected chi connectivity index (χ3v) is 2.04. The quantitative estimate of drug-likeness (QED) is 0.855. The van der Waals surface area contributed by atoms with Gasteiger partial charge >= 0.3 is 12.2 Å². The summed E-state index contributed by atoms with van der Waals surface area (Å²) in [7, 11) is 0. The maximum Gasteiger partial charge on any atom is 0.405 e. The monoisotopic (exact) mass is 247 g/mol. The van der Waals surface area contributed by atoms with E-state index in [-0.39, 0.29) is 6.54 Å². The van der Waals surface area contributed by atoms with E-state index < -0.39 is 18.8 Å². The zero-order valence-electron chi connectivity index (χ0n) is 9.14. The van der Waals surface area contributed by atoms with Crippen LogP contribution in [0.4, 0.5) is 18.0 Å². The van der Waals surface area contributed by atoms with Crippen molar-refractivity contribution in [1.29, 1.82) is 0 Å². The molecular formula is C10H12F3N3O. The van der Waals surface area contributed by atoms with E-state index in [2.05, 4.69) is 10.3 Å². The molecule has 4 nitrogen and oxygen atoms in total. The summed E-state index contributed by atoms with van der Waals surface area (Å²) in [5.74, 6) is 0. The topological polar surface area (TPSA) is 54.0 Å². The van der Waals surface area contributed by atoms with E-state index in [1.165, 1.54) is 0 Å². The summed E-state index contributed by atoms with van der Waals surface area (Å²) in [5, 5.41) is 4.04. The van der Waals surface area contributed by atoms with E-state index in [0.29, 0.717) is 0 Å². The van der Waals surface area contributed by atoms with Gasteiger partial charge in [0, 0.05) is 18.9 Å². The summed E-state index contributed by atoms with van der Waals surface area (Å²) in [6.07, 6.45) is -1.25. The SMILES string of the molecule is Cc1ccncc1CNC(=O)NCC(F)(F)F. The van der Waals surface area contributed by atoms with E-state index in [1.54, 1.807) is 23.8 Å². The highest BCUT2D eigenvalue weighted by atomic mass is 19.4. The van der Waals surface area contributed by atoms with Crippen molar-refractivity contribution in [2.24, 2.45) is 0 Å². The maximum absolute atomic E-state index is 11.8. The lowest BCUT2D eigenvalue weighted by Gasteiger charge is -2.10. The molecule has 0 spiro atoms. The molecule has 1 aromatic heterocycles. The molecule has 0 saturated heterocycles. The van der Waals surface area contributed by atoms with Gasteiger partial charge in [-0.15, -0.1) is 0 Å². The minimum atomic E-state index is -4.40. The number of carbonyl (C=O) groups excluding carboxylic acids is 1. The van der Waals surface area contributed by atoms with Crippen LogP contribution in [0.5, 0.6) is 0 Å². The second-order valence-electron chi connectivity index (χ2n) is 3.45. The second kappa shape index (κ2) is 5.51. The number of pyridine rings is 1. The van der Waals surface area contributed by atoms with Crippen LogP contribution in [-0.2, 0) is 6.54 Å². The third kappa shape index (κ3) is 5.19. The van der Waals surface area contributed by atoms with Gasteiger partial charge in [0.15, 0.2) is 0 Å². The number of hydrogen-bond acceptors (Lipinski definition) is 2. The van der Waals surface area contributed by atoms with Crippen LogP contribution in [0.25, 0.3) is 0 Å². The summed E-state index contributed by atoms with van der Waals surface area (Å²) >= 11 is 0. The number of rotatable bonds is 3. The predicted octanol–water partition coefficient (Wildman–Crippen LogP) is 1.75. The molecule has 0 bridgehead atoms. The predicted molar refractivity (Wildman–Crippen MR) is 55.3 cm³/mol. The van der Waals surface area contributed by atoms with E-state index in [0.717, 1.165) is 11.1 Å². The minimum absolute atomic E-state index is 0.142. The normalized spacial score (nSPS) is 11.1. The van der Waals surface area contributed by atoms with Gasteiger partial charge in [-0.2, -0.15) is 13.2 Å². The Labute approximate surface area is 96.2 Å². The van der Waals surface area contributed by atoms with Crippen molar-refractivity contribution in [2.75, 3.05) is 6.54 Å². The second-order valence-corrected chi connectivity index (χ2v) is 3.45. The fraction of sp³-hybridized carbons (Fsp3) is 0.400. The number of carbonyl (C=O) groups is 1. The standard InChI is InChI=1S/C10H12F3N3O/c1-7-2-3-14-4-8(7)5-15-9(17)16-6-10(11,12)13/h2-4H,5-6H2,1H3,(H2,15,16,17). The van der Waals surface area contributed by atoms with Crippen molar-refractivity contribution in [3.05, 3.63) is 29.6 Å². The number of amides is 2. The number of alkyl halides is 3. The Morgan fingerprint density at radius 3 is 2.71 bits per heavy atom. The molecule has 2 N–H and O–H groups in total. The van der Waals surface area contributed by atoms with E-state index in [4.69, 9.17) is 0 Å². The number of urea groups is 1. The summed E-state index contributed by atoms with van der Waals surface area (Å²) in [6, 6.07) is 0.899. The molecule has 0 aliphatic carbocycles. The Bertz CT molecular complexity index is 393. The summed E-state index contributed by atoms with van der Waals surface area (Å²) in [5.41, 5.74) is 1.67. The number of nitrogens with one attached hydrogen (secondary N) is 2. The lowest BCUT2D eigenvalue weighted by molar-refractivity contribution is -0.122. The molecule has 0 fully saturated rings. The molecular weight excluding hydrogens is 235 g/mol. The van der Waals surface area contributed by atoms with E-state index in [9.17, 15) is 18.0 Å². The molecule has 1 rings (SSSR count). The first-order valence-electron chi connectivity index (χ1n) is 4.86. The Morgan fingerprint density at radius 1 is 1.41 bits per heavy atom. The Balaban J connectivity index is 2.36. The number of halogens is 3. The Kier molecular flexibility index (Phi) is 4.30. The van der Waals surface area contributed by atoms with Gasteiger partial charge in [0.05, 0.1) is 0 Å². The molecule has 7 heteroatoms. The molecule has 0 saturated carbocycles. The van der Waals surface area contributed by atoms with Gasteiger partial charge in [-0.25, -0.2) is 4.79 Å². The molecule has 1 heterocycles. The maximum atomic E-state index is 11.8. The molecule has 0 radical (unpaired) electrons. The van der Waals surface area contributed by atoms with Gasteiger partial charge in [-0.3, -0.25) is 4.98 Å². The average Bonchev–Trinajstić information content (AvgIpc) is 2.24. The van der Waals surface area contributed by atoms with Crippen LogP contribution in [0, 0.1) is 6.92 Å². The molecule has 17 heavy (non-hydrogen) atoms. The summed E-state index contributed by atoms with van der Waals surface area (Å²) in [6.45, 7) is 0.626. The van der Waals surface area contributed by atoms with Crippen LogP contribution in [-0.4, -0.2) is 23.7 Å². The zero-order valence-corrected chi connectivity index (χ0v) is 9.14. The van der Waals surface area contributed by atoms with Crippen LogP contribution >= 0.6 is 0 Å². The average molecular weight is 247 g/mol. The molecule has 0 unspecified atom stereocenters. The lowest BCUT2D eigenvalue weighted by Crippen LogP contribution is -2.40. The van der Waals surface area contributed by atoms with Crippen LogP contribution in [0.2, 0.25) is 0 Å². The van der Waals surface area contributed by atoms with Crippen molar-refractivity contribution in [2.45, 2.75) is 19.6 Å². The fourth-order valence-corrected chi connectivity index (χ4v) is 1.10. The number of nitrogens with zero attached hydrogens (tertiary/aromatic N) is 1. The molecule has 0 aliphatic heterocycles. The van der Waals surface area contributed by atoms with Crippen molar-refractivity contribution < 1.29 is 18.0 Å².